The van der Waals surface area contributed by atoms with Crippen LogP contribution in [0, 0.1) is 6.92 Å². The Morgan fingerprint density at radius 1 is 1.14 bits per heavy atom. The van der Waals surface area contributed by atoms with Crippen LogP contribution >= 0.6 is 15.9 Å². The summed E-state index contributed by atoms with van der Waals surface area (Å²) < 4.78 is 27.6. The van der Waals surface area contributed by atoms with Crippen LogP contribution in [0.2, 0.25) is 0 Å². The molecular formula is C14H11BrNO4S-. The van der Waals surface area contributed by atoms with Crippen molar-refractivity contribution >= 4 is 37.6 Å². The van der Waals surface area contributed by atoms with Gasteiger partial charge in [0.15, 0.2) is 0 Å². The third-order valence-electron chi connectivity index (χ3n) is 2.77. The Morgan fingerprint density at radius 2 is 1.76 bits per heavy atom. The van der Waals surface area contributed by atoms with Crippen molar-refractivity contribution in [3.63, 3.8) is 0 Å². The van der Waals surface area contributed by atoms with Gasteiger partial charge in [0.25, 0.3) is 10.0 Å². The Morgan fingerprint density at radius 3 is 2.33 bits per heavy atom. The molecule has 0 saturated carbocycles. The molecule has 0 spiro atoms. The maximum Gasteiger partial charge on any atom is 0.261 e. The summed E-state index contributed by atoms with van der Waals surface area (Å²) in [5.74, 6) is -1.35. The summed E-state index contributed by atoms with van der Waals surface area (Å²) in [6.45, 7) is 1.85. The van der Waals surface area contributed by atoms with E-state index in [1.54, 1.807) is 12.1 Å². The van der Waals surface area contributed by atoms with Gasteiger partial charge in [-0.3, -0.25) is 4.72 Å². The first kappa shape index (κ1) is 15.5. The number of benzene rings is 2. The number of hydrogen-bond donors (Lipinski definition) is 1. The first-order chi connectivity index (χ1) is 9.79. The number of aryl methyl sites for hydroxylation is 1. The van der Waals surface area contributed by atoms with E-state index < -0.39 is 16.0 Å². The summed E-state index contributed by atoms with van der Waals surface area (Å²) in [4.78, 5) is 10.6. The van der Waals surface area contributed by atoms with Gasteiger partial charge in [0.1, 0.15) is 0 Å². The number of nitrogens with one attached hydrogen (secondary N) is 1. The van der Waals surface area contributed by atoms with Crippen LogP contribution < -0.4 is 9.83 Å². The van der Waals surface area contributed by atoms with Crippen LogP contribution in [-0.2, 0) is 10.0 Å². The van der Waals surface area contributed by atoms with Crippen LogP contribution in [0.4, 0.5) is 5.69 Å². The minimum absolute atomic E-state index is 0.0269. The van der Waals surface area contributed by atoms with E-state index in [2.05, 4.69) is 20.7 Å². The van der Waals surface area contributed by atoms with Crippen molar-refractivity contribution in [2.24, 2.45) is 0 Å². The molecule has 21 heavy (non-hydrogen) atoms. The summed E-state index contributed by atoms with van der Waals surface area (Å²) in [7, 11) is -3.79. The highest BCUT2D eigenvalue weighted by Gasteiger charge is 2.15. The number of carboxylic acid groups (broad SMARTS) is 1. The molecule has 2 aromatic rings. The minimum Gasteiger partial charge on any atom is -0.545 e. The predicted molar refractivity (Wildman–Crippen MR) is 80.5 cm³/mol. The number of carbonyl (C=O) groups excluding carboxylic acids is 1. The molecule has 0 aliphatic rings. The molecule has 0 unspecified atom stereocenters. The molecule has 0 atom stereocenters. The standard InChI is InChI=1S/C14H12BrNO4S/c1-9-2-7-12(15)13(8-9)16-21(19,20)11-5-3-10(4-6-11)14(17)18/h2-8,16H,1H3,(H,17,18)/p-1. The van der Waals surface area contributed by atoms with Gasteiger partial charge in [-0.2, -0.15) is 0 Å². The lowest BCUT2D eigenvalue weighted by molar-refractivity contribution is -0.255. The third kappa shape index (κ3) is 3.62. The van der Waals surface area contributed by atoms with Crippen LogP contribution in [0.25, 0.3) is 0 Å². The van der Waals surface area contributed by atoms with Crippen LogP contribution in [0.5, 0.6) is 0 Å². The number of sulfonamides is 1. The predicted octanol–water partition coefficient (Wildman–Crippen LogP) is 1.92. The molecule has 0 aliphatic carbocycles. The average molecular weight is 369 g/mol. The molecule has 1 N–H and O–H groups in total. The van der Waals surface area contributed by atoms with Gasteiger partial charge in [0.05, 0.1) is 16.6 Å². The summed E-state index contributed by atoms with van der Waals surface area (Å²) in [5, 5.41) is 10.7. The normalized spacial score (nSPS) is 11.1. The molecular weight excluding hydrogens is 358 g/mol. The Bertz CT molecular complexity index is 785. The molecule has 2 aromatic carbocycles. The Balaban J connectivity index is 2.34. The number of hydrogen-bond acceptors (Lipinski definition) is 4. The van der Waals surface area contributed by atoms with Crippen LogP contribution in [0.15, 0.2) is 51.8 Å². The Kier molecular flexibility index (Phi) is 4.34. The fourth-order valence-corrected chi connectivity index (χ4v) is 3.24. The molecule has 110 valence electrons. The van der Waals surface area contributed by atoms with E-state index in [0.717, 1.165) is 5.56 Å². The lowest BCUT2D eigenvalue weighted by Gasteiger charge is -2.11. The van der Waals surface area contributed by atoms with Gasteiger partial charge in [0, 0.05) is 4.47 Å². The quantitative estimate of drug-likeness (QED) is 0.892. The fourth-order valence-electron chi connectivity index (χ4n) is 1.69. The molecule has 2 rings (SSSR count). The second-order valence-corrected chi connectivity index (χ2v) is 6.94. The van der Waals surface area contributed by atoms with E-state index >= 15 is 0 Å². The Hall–Kier alpha value is -1.86. The lowest BCUT2D eigenvalue weighted by Crippen LogP contribution is -2.22. The number of carboxylic acids is 1. The highest BCUT2D eigenvalue weighted by molar-refractivity contribution is 9.10. The number of aromatic carboxylic acids is 1. The van der Waals surface area contributed by atoms with E-state index in [1.807, 2.05) is 13.0 Å². The molecule has 0 amide bonds. The second kappa shape index (κ2) is 5.87. The van der Waals surface area contributed by atoms with E-state index in [9.17, 15) is 18.3 Å². The average Bonchev–Trinajstić information content (AvgIpc) is 2.43. The summed E-state index contributed by atoms with van der Waals surface area (Å²) >= 11 is 3.27. The van der Waals surface area contributed by atoms with Crippen LogP contribution in [0.3, 0.4) is 0 Å². The molecule has 0 radical (unpaired) electrons. The Labute approximate surface area is 130 Å². The summed E-state index contributed by atoms with van der Waals surface area (Å²) in [6.07, 6.45) is 0. The SMILES string of the molecule is Cc1ccc(Br)c(NS(=O)(=O)c2ccc(C(=O)[O-])cc2)c1. The van der Waals surface area contributed by atoms with Crippen molar-refractivity contribution in [3.05, 3.63) is 58.1 Å². The molecule has 0 heterocycles. The molecule has 0 aromatic heterocycles. The van der Waals surface area contributed by atoms with Crippen molar-refractivity contribution in [2.75, 3.05) is 4.72 Å². The molecule has 0 fully saturated rings. The molecule has 7 heteroatoms. The number of anilines is 1. The second-order valence-electron chi connectivity index (χ2n) is 4.40. The minimum atomic E-state index is -3.79. The maximum atomic E-state index is 12.3. The van der Waals surface area contributed by atoms with Crippen molar-refractivity contribution < 1.29 is 18.3 Å². The van der Waals surface area contributed by atoms with Crippen molar-refractivity contribution in [2.45, 2.75) is 11.8 Å². The van der Waals surface area contributed by atoms with Gasteiger partial charge in [0.2, 0.25) is 0 Å². The van der Waals surface area contributed by atoms with E-state index in [-0.39, 0.29) is 10.5 Å². The van der Waals surface area contributed by atoms with Crippen LogP contribution in [0.1, 0.15) is 15.9 Å². The zero-order chi connectivity index (χ0) is 15.6. The van der Waals surface area contributed by atoms with Gasteiger partial charge < -0.3 is 9.90 Å². The van der Waals surface area contributed by atoms with Crippen molar-refractivity contribution in [1.82, 2.24) is 0 Å². The monoisotopic (exact) mass is 368 g/mol. The molecule has 0 aliphatic heterocycles. The number of rotatable bonds is 4. The van der Waals surface area contributed by atoms with Gasteiger partial charge in [-0.15, -0.1) is 0 Å². The number of carbonyl (C=O) groups is 1. The highest BCUT2D eigenvalue weighted by Crippen LogP contribution is 2.26. The van der Waals surface area contributed by atoms with E-state index in [1.165, 1.54) is 24.3 Å². The lowest BCUT2D eigenvalue weighted by atomic mass is 10.2. The van der Waals surface area contributed by atoms with Crippen molar-refractivity contribution in [1.29, 1.82) is 0 Å². The van der Waals surface area contributed by atoms with Crippen LogP contribution in [-0.4, -0.2) is 14.4 Å². The van der Waals surface area contributed by atoms with Gasteiger partial charge in [-0.05, 0) is 58.2 Å². The summed E-state index contributed by atoms with van der Waals surface area (Å²) in [5.41, 5.74) is 1.24. The topological polar surface area (TPSA) is 86.3 Å². The molecule has 0 saturated heterocycles. The fraction of sp³-hybridized carbons (Fsp3) is 0.0714. The molecule has 5 nitrogen and oxygen atoms in total. The van der Waals surface area contributed by atoms with E-state index in [0.29, 0.717) is 10.2 Å². The first-order valence-corrected chi connectivity index (χ1v) is 8.17. The smallest absolute Gasteiger partial charge is 0.261 e. The van der Waals surface area contributed by atoms with Gasteiger partial charge in [-0.25, -0.2) is 8.42 Å². The third-order valence-corrected chi connectivity index (χ3v) is 4.84. The molecule has 0 bridgehead atoms. The largest absolute Gasteiger partial charge is 0.545 e. The first-order valence-electron chi connectivity index (χ1n) is 5.90. The maximum absolute atomic E-state index is 12.3. The van der Waals surface area contributed by atoms with Gasteiger partial charge >= 0.3 is 0 Å². The highest BCUT2D eigenvalue weighted by atomic mass is 79.9. The van der Waals surface area contributed by atoms with Gasteiger partial charge in [-0.1, -0.05) is 18.2 Å². The van der Waals surface area contributed by atoms with Crippen molar-refractivity contribution in [3.8, 4) is 0 Å². The zero-order valence-corrected chi connectivity index (χ0v) is 13.4. The zero-order valence-electron chi connectivity index (χ0n) is 11.0. The number of halogens is 1. The van der Waals surface area contributed by atoms with E-state index in [4.69, 9.17) is 0 Å². The summed E-state index contributed by atoms with van der Waals surface area (Å²) in [6, 6.07) is 10.1.